The number of anilines is 1. The molecule has 0 aliphatic carbocycles. The molecule has 3 aromatic rings. The first kappa shape index (κ1) is 17.1. The minimum Gasteiger partial charge on any atom is -0.506 e. The van der Waals surface area contributed by atoms with Crippen LogP contribution >= 0.6 is 15.9 Å². The van der Waals surface area contributed by atoms with Crippen LogP contribution in [0.1, 0.15) is 5.89 Å². The standard InChI is InChI=1S/C19H19BrN4O2/c20-15-5-3-4-14(12-15)19-22-21-18(26-19)13-23-8-10-24(11-9-23)16-6-1-2-7-17(16)25/h1-7,12,25H,8-11,13H2. The van der Waals surface area contributed by atoms with E-state index in [2.05, 4.69) is 35.9 Å². The van der Waals surface area contributed by atoms with Crippen LogP contribution in [0.5, 0.6) is 5.75 Å². The van der Waals surface area contributed by atoms with Gasteiger partial charge in [-0.3, -0.25) is 4.90 Å². The Morgan fingerprint density at radius 1 is 1.00 bits per heavy atom. The highest BCUT2D eigenvalue weighted by molar-refractivity contribution is 9.10. The molecular formula is C19H19BrN4O2. The molecule has 2 aromatic carbocycles. The first-order valence-corrected chi connectivity index (χ1v) is 9.32. The summed E-state index contributed by atoms with van der Waals surface area (Å²) in [5.74, 6) is 1.49. The van der Waals surface area contributed by atoms with Gasteiger partial charge in [0, 0.05) is 36.2 Å². The Hall–Kier alpha value is -2.38. The normalized spacial score (nSPS) is 15.3. The lowest BCUT2D eigenvalue weighted by Crippen LogP contribution is -2.46. The van der Waals surface area contributed by atoms with E-state index in [9.17, 15) is 5.11 Å². The zero-order valence-corrected chi connectivity index (χ0v) is 15.8. The Kier molecular flexibility index (Phi) is 4.90. The largest absolute Gasteiger partial charge is 0.506 e. The number of benzene rings is 2. The Balaban J connectivity index is 1.37. The van der Waals surface area contributed by atoms with Crippen LogP contribution in [0.2, 0.25) is 0 Å². The van der Waals surface area contributed by atoms with Crippen molar-refractivity contribution in [3.63, 3.8) is 0 Å². The van der Waals surface area contributed by atoms with Crippen LogP contribution in [-0.4, -0.2) is 46.4 Å². The summed E-state index contributed by atoms with van der Waals surface area (Å²) >= 11 is 3.46. The van der Waals surface area contributed by atoms with Crippen molar-refractivity contribution in [3.8, 4) is 17.2 Å². The van der Waals surface area contributed by atoms with Crippen LogP contribution in [0.15, 0.2) is 57.4 Å². The highest BCUT2D eigenvalue weighted by atomic mass is 79.9. The van der Waals surface area contributed by atoms with E-state index in [0.29, 0.717) is 24.1 Å². The third-order valence-electron chi connectivity index (χ3n) is 4.49. The Bertz CT molecular complexity index is 891. The molecule has 1 aromatic heterocycles. The van der Waals surface area contributed by atoms with Gasteiger partial charge in [-0.15, -0.1) is 10.2 Å². The van der Waals surface area contributed by atoms with Gasteiger partial charge in [0.15, 0.2) is 0 Å². The first-order chi connectivity index (χ1) is 12.7. The van der Waals surface area contributed by atoms with Crippen molar-refractivity contribution in [2.45, 2.75) is 6.54 Å². The highest BCUT2D eigenvalue weighted by Gasteiger charge is 2.21. The lowest BCUT2D eigenvalue weighted by atomic mass is 10.2. The maximum atomic E-state index is 10.0. The van der Waals surface area contributed by atoms with Crippen LogP contribution in [0.25, 0.3) is 11.5 Å². The Morgan fingerprint density at radius 3 is 2.58 bits per heavy atom. The summed E-state index contributed by atoms with van der Waals surface area (Å²) in [6.07, 6.45) is 0. The average molecular weight is 415 g/mol. The van der Waals surface area contributed by atoms with Crippen molar-refractivity contribution in [2.75, 3.05) is 31.1 Å². The summed E-state index contributed by atoms with van der Waals surface area (Å²) in [6.45, 7) is 4.09. The van der Waals surface area contributed by atoms with Crippen molar-refractivity contribution in [2.24, 2.45) is 0 Å². The van der Waals surface area contributed by atoms with Crippen molar-refractivity contribution in [1.82, 2.24) is 15.1 Å². The molecule has 1 N–H and O–H groups in total. The molecule has 1 saturated heterocycles. The zero-order chi connectivity index (χ0) is 17.9. The van der Waals surface area contributed by atoms with Gasteiger partial charge < -0.3 is 14.4 Å². The SMILES string of the molecule is Oc1ccccc1N1CCN(Cc2nnc(-c3cccc(Br)c3)o2)CC1. The van der Waals surface area contributed by atoms with Crippen LogP contribution in [0, 0.1) is 0 Å². The summed E-state index contributed by atoms with van der Waals surface area (Å²) in [6, 6.07) is 15.3. The molecule has 26 heavy (non-hydrogen) atoms. The number of halogens is 1. The van der Waals surface area contributed by atoms with E-state index in [4.69, 9.17) is 4.42 Å². The number of hydrogen-bond acceptors (Lipinski definition) is 6. The van der Waals surface area contributed by atoms with Crippen molar-refractivity contribution in [3.05, 3.63) is 58.9 Å². The van der Waals surface area contributed by atoms with Crippen LogP contribution in [0.3, 0.4) is 0 Å². The fourth-order valence-electron chi connectivity index (χ4n) is 3.13. The second-order valence-corrected chi connectivity index (χ2v) is 7.18. The van der Waals surface area contributed by atoms with E-state index in [0.717, 1.165) is 41.9 Å². The number of rotatable bonds is 4. The molecule has 1 aliphatic heterocycles. The molecule has 0 saturated carbocycles. The fourth-order valence-corrected chi connectivity index (χ4v) is 3.52. The van der Waals surface area contributed by atoms with Crippen LogP contribution in [0.4, 0.5) is 5.69 Å². The van der Waals surface area contributed by atoms with E-state index in [1.807, 2.05) is 42.5 Å². The second-order valence-electron chi connectivity index (χ2n) is 6.26. The molecule has 7 heteroatoms. The molecule has 6 nitrogen and oxygen atoms in total. The molecule has 2 heterocycles. The van der Waals surface area contributed by atoms with Gasteiger partial charge in [0.1, 0.15) is 5.75 Å². The van der Waals surface area contributed by atoms with Crippen LogP contribution in [-0.2, 0) is 6.54 Å². The molecule has 4 rings (SSSR count). The van der Waals surface area contributed by atoms with Gasteiger partial charge in [-0.2, -0.15) is 0 Å². The van der Waals surface area contributed by atoms with Gasteiger partial charge in [0.2, 0.25) is 11.8 Å². The van der Waals surface area contributed by atoms with Crippen molar-refractivity contribution in [1.29, 1.82) is 0 Å². The highest BCUT2D eigenvalue weighted by Crippen LogP contribution is 2.27. The summed E-state index contributed by atoms with van der Waals surface area (Å²) in [7, 11) is 0. The lowest BCUT2D eigenvalue weighted by Gasteiger charge is -2.35. The average Bonchev–Trinajstić information content (AvgIpc) is 3.12. The topological polar surface area (TPSA) is 65.6 Å². The van der Waals surface area contributed by atoms with Crippen LogP contribution < -0.4 is 4.90 Å². The van der Waals surface area contributed by atoms with E-state index < -0.39 is 0 Å². The molecule has 1 aliphatic rings. The fraction of sp³-hybridized carbons (Fsp3) is 0.263. The lowest BCUT2D eigenvalue weighted by molar-refractivity contribution is 0.226. The van der Waals surface area contributed by atoms with E-state index in [1.165, 1.54) is 0 Å². The Labute approximate surface area is 160 Å². The summed E-state index contributed by atoms with van der Waals surface area (Å²) in [5, 5.41) is 18.3. The molecule has 0 amide bonds. The smallest absolute Gasteiger partial charge is 0.247 e. The number of phenols is 1. The van der Waals surface area contributed by atoms with Gasteiger partial charge >= 0.3 is 0 Å². The number of piperazine rings is 1. The molecule has 0 radical (unpaired) electrons. The maximum Gasteiger partial charge on any atom is 0.247 e. The minimum atomic E-state index is 0.330. The summed E-state index contributed by atoms with van der Waals surface area (Å²) in [4.78, 5) is 4.49. The minimum absolute atomic E-state index is 0.330. The quantitative estimate of drug-likeness (QED) is 0.704. The number of phenolic OH excluding ortho intramolecular Hbond substituents is 1. The molecule has 134 valence electrons. The number of aromatic hydroxyl groups is 1. The predicted molar refractivity (Wildman–Crippen MR) is 103 cm³/mol. The monoisotopic (exact) mass is 414 g/mol. The number of para-hydroxylation sites is 2. The summed E-state index contributed by atoms with van der Waals surface area (Å²) in [5.41, 5.74) is 1.80. The van der Waals surface area contributed by atoms with Gasteiger partial charge in [-0.1, -0.05) is 34.1 Å². The number of nitrogens with zero attached hydrogens (tertiary/aromatic N) is 4. The number of hydrogen-bond donors (Lipinski definition) is 1. The van der Waals surface area contributed by atoms with E-state index >= 15 is 0 Å². The van der Waals surface area contributed by atoms with Gasteiger partial charge in [-0.25, -0.2) is 0 Å². The van der Waals surface area contributed by atoms with E-state index in [-0.39, 0.29) is 0 Å². The van der Waals surface area contributed by atoms with E-state index in [1.54, 1.807) is 6.07 Å². The molecule has 0 spiro atoms. The maximum absolute atomic E-state index is 10.0. The van der Waals surface area contributed by atoms with Crippen molar-refractivity contribution < 1.29 is 9.52 Å². The third-order valence-corrected chi connectivity index (χ3v) is 4.99. The molecule has 0 unspecified atom stereocenters. The molecule has 0 bridgehead atoms. The van der Waals surface area contributed by atoms with Gasteiger partial charge in [0.25, 0.3) is 0 Å². The Morgan fingerprint density at radius 2 is 1.81 bits per heavy atom. The molecular weight excluding hydrogens is 396 g/mol. The van der Waals surface area contributed by atoms with Gasteiger partial charge in [-0.05, 0) is 30.3 Å². The number of aromatic nitrogens is 2. The first-order valence-electron chi connectivity index (χ1n) is 8.53. The predicted octanol–water partition coefficient (Wildman–Crippen LogP) is 3.53. The summed E-state index contributed by atoms with van der Waals surface area (Å²) < 4.78 is 6.80. The van der Waals surface area contributed by atoms with Crippen molar-refractivity contribution >= 4 is 21.6 Å². The van der Waals surface area contributed by atoms with Gasteiger partial charge in [0.05, 0.1) is 12.2 Å². The third kappa shape index (κ3) is 3.73. The molecule has 0 atom stereocenters. The molecule has 1 fully saturated rings. The zero-order valence-electron chi connectivity index (χ0n) is 14.2. The second kappa shape index (κ2) is 7.47.